The van der Waals surface area contributed by atoms with Crippen molar-refractivity contribution in [1.29, 1.82) is 0 Å². The van der Waals surface area contributed by atoms with Gasteiger partial charge in [-0.05, 0) is 45.2 Å². The fourth-order valence-corrected chi connectivity index (χ4v) is 2.00. The molecule has 2 unspecified atom stereocenters. The van der Waals surface area contributed by atoms with Crippen molar-refractivity contribution < 1.29 is 4.42 Å². The lowest BCUT2D eigenvalue weighted by molar-refractivity contribution is 0.298. The Balaban J connectivity index is 2.08. The second-order valence-corrected chi connectivity index (χ2v) is 4.00. The lowest BCUT2D eigenvalue weighted by atomic mass is 9.98. The Morgan fingerprint density at radius 2 is 2.23 bits per heavy atom. The molecular formula is C11H17NO. The van der Waals surface area contributed by atoms with Crippen LogP contribution in [-0.4, -0.2) is 6.04 Å². The van der Waals surface area contributed by atoms with Gasteiger partial charge >= 0.3 is 0 Å². The molecule has 2 heterocycles. The first-order valence-electron chi connectivity index (χ1n) is 5.08. The van der Waals surface area contributed by atoms with Crippen LogP contribution in [0.25, 0.3) is 0 Å². The Morgan fingerprint density at radius 1 is 1.38 bits per heavy atom. The zero-order chi connectivity index (χ0) is 9.26. The van der Waals surface area contributed by atoms with Crippen LogP contribution in [0, 0.1) is 6.92 Å². The molecule has 0 aliphatic carbocycles. The lowest BCUT2D eigenvalue weighted by Gasteiger charge is -2.27. The predicted octanol–water partition coefficient (Wildman–Crippen LogP) is 2.79. The summed E-state index contributed by atoms with van der Waals surface area (Å²) in [4.78, 5) is 0. The van der Waals surface area contributed by atoms with Crippen molar-refractivity contribution in [3.8, 4) is 0 Å². The maximum absolute atomic E-state index is 5.61. The Kier molecular flexibility index (Phi) is 2.40. The summed E-state index contributed by atoms with van der Waals surface area (Å²) in [5, 5.41) is 3.55. The summed E-state index contributed by atoms with van der Waals surface area (Å²) in [5.41, 5.74) is 0. The second-order valence-electron chi connectivity index (χ2n) is 4.00. The van der Waals surface area contributed by atoms with Gasteiger partial charge in [0.2, 0.25) is 0 Å². The average Bonchev–Trinajstić information content (AvgIpc) is 2.52. The van der Waals surface area contributed by atoms with E-state index >= 15 is 0 Å². The van der Waals surface area contributed by atoms with E-state index in [9.17, 15) is 0 Å². The highest BCUT2D eigenvalue weighted by Crippen LogP contribution is 2.26. The van der Waals surface area contributed by atoms with Gasteiger partial charge in [0, 0.05) is 6.04 Å². The van der Waals surface area contributed by atoms with Crippen molar-refractivity contribution in [1.82, 2.24) is 5.32 Å². The van der Waals surface area contributed by atoms with Crippen molar-refractivity contribution in [3.63, 3.8) is 0 Å². The molecule has 0 aromatic carbocycles. The minimum Gasteiger partial charge on any atom is -0.465 e. The third-order valence-electron chi connectivity index (χ3n) is 2.72. The zero-order valence-corrected chi connectivity index (χ0v) is 8.34. The highest BCUT2D eigenvalue weighted by atomic mass is 16.3. The highest BCUT2D eigenvalue weighted by molar-refractivity contribution is 5.10. The van der Waals surface area contributed by atoms with Crippen molar-refractivity contribution >= 4 is 0 Å². The Bertz CT molecular complexity index is 279. The first-order valence-corrected chi connectivity index (χ1v) is 5.08. The first kappa shape index (κ1) is 8.82. The van der Waals surface area contributed by atoms with Crippen LogP contribution in [0.15, 0.2) is 16.5 Å². The van der Waals surface area contributed by atoms with Crippen LogP contribution in [0.1, 0.15) is 43.7 Å². The molecule has 2 heteroatoms. The molecule has 1 saturated heterocycles. The number of aryl methyl sites for hydroxylation is 1. The summed E-state index contributed by atoms with van der Waals surface area (Å²) in [5.74, 6) is 2.11. The lowest BCUT2D eigenvalue weighted by Crippen LogP contribution is -2.34. The molecule has 2 rings (SSSR count). The molecular weight excluding hydrogens is 162 g/mol. The molecule has 0 spiro atoms. The average molecular weight is 179 g/mol. The van der Waals surface area contributed by atoms with Gasteiger partial charge in [0.05, 0.1) is 6.04 Å². The van der Waals surface area contributed by atoms with Crippen LogP contribution in [0.2, 0.25) is 0 Å². The number of hydrogen-bond acceptors (Lipinski definition) is 2. The minimum atomic E-state index is 0.442. The van der Waals surface area contributed by atoms with Crippen LogP contribution >= 0.6 is 0 Å². The summed E-state index contributed by atoms with van der Waals surface area (Å²) >= 11 is 0. The predicted molar refractivity (Wildman–Crippen MR) is 52.6 cm³/mol. The van der Waals surface area contributed by atoms with E-state index in [-0.39, 0.29) is 0 Å². The number of hydrogen-bond donors (Lipinski definition) is 1. The summed E-state index contributed by atoms with van der Waals surface area (Å²) in [6.45, 7) is 4.23. The van der Waals surface area contributed by atoms with Gasteiger partial charge in [-0.25, -0.2) is 0 Å². The van der Waals surface area contributed by atoms with Crippen LogP contribution in [0.3, 0.4) is 0 Å². The van der Waals surface area contributed by atoms with E-state index in [1.807, 2.05) is 13.0 Å². The van der Waals surface area contributed by atoms with E-state index in [2.05, 4.69) is 18.3 Å². The maximum Gasteiger partial charge on any atom is 0.121 e. The molecule has 13 heavy (non-hydrogen) atoms. The quantitative estimate of drug-likeness (QED) is 0.717. The maximum atomic E-state index is 5.61. The molecule has 1 N–H and O–H groups in total. The number of rotatable bonds is 1. The summed E-state index contributed by atoms with van der Waals surface area (Å²) < 4.78 is 5.61. The van der Waals surface area contributed by atoms with Crippen LogP contribution in [0.4, 0.5) is 0 Å². The van der Waals surface area contributed by atoms with Gasteiger partial charge < -0.3 is 9.73 Å². The number of nitrogens with one attached hydrogen (secondary N) is 1. The smallest absolute Gasteiger partial charge is 0.121 e. The molecule has 1 aromatic rings. The SMILES string of the molecule is Cc1ccc(C2CCCC(C)N2)o1. The molecule has 2 atom stereocenters. The molecule has 0 amide bonds. The Morgan fingerprint density at radius 3 is 2.85 bits per heavy atom. The van der Waals surface area contributed by atoms with Crippen molar-refractivity contribution in [2.24, 2.45) is 0 Å². The molecule has 72 valence electrons. The van der Waals surface area contributed by atoms with Crippen molar-refractivity contribution in [2.75, 3.05) is 0 Å². The topological polar surface area (TPSA) is 25.2 Å². The molecule has 1 aliphatic heterocycles. The standard InChI is InChI=1S/C11H17NO/c1-8-4-3-5-10(12-8)11-7-6-9(2)13-11/h6-8,10,12H,3-5H2,1-2H3. The van der Waals surface area contributed by atoms with Gasteiger partial charge in [-0.3, -0.25) is 0 Å². The second kappa shape index (κ2) is 3.54. The van der Waals surface area contributed by atoms with Gasteiger partial charge in [-0.2, -0.15) is 0 Å². The summed E-state index contributed by atoms with van der Waals surface area (Å²) in [6, 6.07) is 5.20. The first-order chi connectivity index (χ1) is 6.25. The Hall–Kier alpha value is -0.760. The molecule has 1 aliphatic rings. The monoisotopic (exact) mass is 179 g/mol. The van der Waals surface area contributed by atoms with E-state index in [1.54, 1.807) is 0 Å². The molecule has 0 saturated carbocycles. The summed E-state index contributed by atoms with van der Waals surface area (Å²) in [7, 11) is 0. The van der Waals surface area contributed by atoms with Crippen LogP contribution in [0.5, 0.6) is 0 Å². The number of piperidine rings is 1. The van der Waals surface area contributed by atoms with Gasteiger partial charge in [-0.15, -0.1) is 0 Å². The van der Waals surface area contributed by atoms with Gasteiger partial charge in [0.15, 0.2) is 0 Å². The van der Waals surface area contributed by atoms with E-state index in [0.29, 0.717) is 12.1 Å². The van der Waals surface area contributed by atoms with Crippen LogP contribution < -0.4 is 5.32 Å². The normalized spacial score (nSPS) is 29.1. The largest absolute Gasteiger partial charge is 0.465 e. The number of furan rings is 1. The van der Waals surface area contributed by atoms with E-state index in [1.165, 1.54) is 19.3 Å². The molecule has 0 radical (unpaired) electrons. The fraction of sp³-hybridized carbons (Fsp3) is 0.636. The van der Waals surface area contributed by atoms with Crippen LogP contribution in [-0.2, 0) is 0 Å². The van der Waals surface area contributed by atoms with E-state index in [0.717, 1.165) is 11.5 Å². The third kappa shape index (κ3) is 1.94. The third-order valence-corrected chi connectivity index (χ3v) is 2.72. The van der Waals surface area contributed by atoms with E-state index in [4.69, 9.17) is 4.42 Å². The minimum absolute atomic E-state index is 0.442. The van der Waals surface area contributed by atoms with Gasteiger partial charge in [0.25, 0.3) is 0 Å². The van der Waals surface area contributed by atoms with E-state index < -0.39 is 0 Å². The van der Waals surface area contributed by atoms with Gasteiger partial charge in [-0.1, -0.05) is 0 Å². The molecule has 1 fully saturated rings. The molecule has 2 nitrogen and oxygen atoms in total. The highest BCUT2D eigenvalue weighted by Gasteiger charge is 2.21. The van der Waals surface area contributed by atoms with Crippen molar-refractivity contribution in [2.45, 2.75) is 45.2 Å². The Labute approximate surface area is 79.3 Å². The molecule has 0 bridgehead atoms. The summed E-state index contributed by atoms with van der Waals surface area (Å²) in [6.07, 6.45) is 3.80. The van der Waals surface area contributed by atoms with Crippen molar-refractivity contribution in [3.05, 3.63) is 23.7 Å². The molecule has 1 aromatic heterocycles. The zero-order valence-electron chi connectivity index (χ0n) is 8.34. The fourth-order valence-electron chi connectivity index (χ4n) is 2.00. The van der Waals surface area contributed by atoms with Gasteiger partial charge in [0.1, 0.15) is 11.5 Å².